The van der Waals surface area contributed by atoms with Gasteiger partial charge in [-0.25, -0.2) is 0 Å². The Morgan fingerprint density at radius 2 is 1.88 bits per heavy atom. The lowest BCUT2D eigenvalue weighted by atomic mass is 9.75. The lowest BCUT2D eigenvalue weighted by molar-refractivity contribution is 0.0473. The van der Waals surface area contributed by atoms with Gasteiger partial charge in [0.2, 0.25) is 0 Å². The molecule has 1 heterocycles. The molecule has 0 aromatic rings. The highest BCUT2D eigenvalue weighted by Crippen LogP contribution is 2.36. The normalized spacial score (nSPS) is 33.5. The molecular weight excluding hydrogens is 228 g/mol. The van der Waals surface area contributed by atoms with E-state index in [4.69, 9.17) is 0 Å². The molecule has 0 radical (unpaired) electrons. The van der Waals surface area contributed by atoms with E-state index in [0.717, 1.165) is 18.3 Å². The standard InChI is InChI=1S/C15H28OS/c1-2-12-4-3-5-14(10-12)15(16)11-13-6-8-17-9-7-13/h12-16H,2-11H2,1H3. The van der Waals surface area contributed by atoms with E-state index < -0.39 is 0 Å². The van der Waals surface area contributed by atoms with Crippen LogP contribution in [0.5, 0.6) is 0 Å². The molecule has 2 fully saturated rings. The topological polar surface area (TPSA) is 20.2 Å². The molecule has 17 heavy (non-hydrogen) atoms. The number of aliphatic hydroxyl groups is 1. The van der Waals surface area contributed by atoms with Crippen LogP contribution in [0.2, 0.25) is 0 Å². The zero-order valence-electron chi connectivity index (χ0n) is 11.2. The Kier molecular flexibility index (Phi) is 5.68. The van der Waals surface area contributed by atoms with Crippen LogP contribution in [0, 0.1) is 17.8 Å². The van der Waals surface area contributed by atoms with Gasteiger partial charge < -0.3 is 5.11 Å². The molecule has 2 heteroatoms. The summed E-state index contributed by atoms with van der Waals surface area (Å²) in [5.41, 5.74) is 0. The van der Waals surface area contributed by atoms with Crippen molar-refractivity contribution in [1.82, 2.24) is 0 Å². The van der Waals surface area contributed by atoms with Crippen molar-refractivity contribution < 1.29 is 5.11 Å². The molecule has 3 atom stereocenters. The molecule has 1 N–H and O–H groups in total. The van der Waals surface area contributed by atoms with Gasteiger partial charge in [-0.15, -0.1) is 0 Å². The van der Waals surface area contributed by atoms with Crippen molar-refractivity contribution >= 4 is 11.8 Å². The van der Waals surface area contributed by atoms with E-state index in [-0.39, 0.29) is 6.10 Å². The van der Waals surface area contributed by atoms with Crippen molar-refractivity contribution in [3.63, 3.8) is 0 Å². The van der Waals surface area contributed by atoms with Gasteiger partial charge in [0.1, 0.15) is 0 Å². The molecule has 0 aromatic carbocycles. The van der Waals surface area contributed by atoms with Gasteiger partial charge in [0.15, 0.2) is 0 Å². The van der Waals surface area contributed by atoms with E-state index in [9.17, 15) is 5.11 Å². The summed E-state index contributed by atoms with van der Waals surface area (Å²) in [5.74, 6) is 4.96. The van der Waals surface area contributed by atoms with Crippen molar-refractivity contribution in [2.75, 3.05) is 11.5 Å². The van der Waals surface area contributed by atoms with Crippen LogP contribution in [-0.2, 0) is 0 Å². The van der Waals surface area contributed by atoms with Crippen molar-refractivity contribution in [2.45, 2.75) is 64.4 Å². The Morgan fingerprint density at radius 1 is 1.12 bits per heavy atom. The third-order valence-corrected chi connectivity index (χ3v) is 5.91. The minimum Gasteiger partial charge on any atom is -0.393 e. The first-order valence-corrected chi connectivity index (χ1v) is 8.70. The lowest BCUT2D eigenvalue weighted by Crippen LogP contribution is -2.29. The van der Waals surface area contributed by atoms with Crippen molar-refractivity contribution in [2.24, 2.45) is 17.8 Å². The van der Waals surface area contributed by atoms with Gasteiger partial charge in [-0.05, 0) is 61.4 Å². The van der Waals surface area contributed by atoms with E-state index >= 15 is 0 Å². The molecule has 2 aliphatic rings. The number of aliphatic hydroxyl groups excluding tert-OH is 1. The summed E-state index contributed by atoms with van der Waals surface area (Å²) < 4.78 is 0. The molecule has 0 amide bonds. The Labute approximate surface area is 111 Å². The van der Waals surface area contributed by atoms with Crippen molar-refractivity contribution in [3.8, 4) is 0 Å². The molecule has 1 aliphatic heterocycles. The maximum atomic E-state index is 10.4. The number of hydrogen-bond acceptors (Lipinski definition) is 2. The maximum absolute atomic E-state index is 10.4. The lowest BCUT2D eigenvalue weighted by Gasteiger charge is -2.34. The first-order chi connectivity index (χ1) is 8.29. The third kappa shape index (κ3) is 4.17. The highest BCUT2D eigenvalue weighted by atomic mass is 32.2. The van der Waals surface area contributed by atoms with Crippen LogP contribution >= 0.6 is 11.8 Å². The van der Waals surface area contributed by atoms with E-state index in [2.05, 4.69) is 18.7 Å². The molecule has 0 bridgehead atoms. The van der Waals surface area contributed by atoms with Crippen LogP contribution in [0.3, 0.4) is 0 Å². The van der Waals surface area contributed by atoms with Gasteiger partial charge in [-0.3, -0.25) is 0 Å². The first-order valence-electron chi connectivity index (χ1n) is 7.55. The Morgan fingerprint density at radius 3 is 2.59 bits per heavy atom. The largest absolute Gasteiger partial charge is 0.393 e. The van der Waals surface area contributed by atoms with E-state index in [1.807, 2.05) is 0 Å². The quantitative estimate of drug-likeness (QED) is 0.817. The van der Waals surface area contributed by atoms with Crippen molar-refractivity contribution in [1.29, 1.82) is 0 Å². The molecular formula is C15H28OS. The summed E-state index contributed by atoms with van der Waals surface area (Å²) in [6.07, 6.45) is 10.4. The van der Waals surface area contributed by atoms with Gasteiger partial charge in [-0.1, -0.05) is 26.2 Å². The molecule has 1 aliphatic carbocycles. The molecule has 0 aromatic heterocycles. The zero-order chi connectivity index (χ0) is 12.1. The predicted octanol–water partition coefficient (Wildman–Crippen LogP) is 4.10. The van der Waals surface area contributed by atoms with E-state index in [0.29, 0.717) is 5.92 Å². The Bertz CT molecular complexity index is 213. The zero-order valence-corrected chi connectivity index (χ0v) is 12.1. The number of rotatable bonds is 4. The maximum Gasteiger partial charge on any atom is 0.0571 e. The molecule has 0 spiro atoms. The predicted molar refractivity (Wildman–Crippen MR) is 76.4 cm³/mol. The van der Waals surface area contributed by atoms with Gasteiger partial charge in [0, 0.05) is 0 Å². The molecule has 3 unspecified atom stereocenters. The van der Waals surface area contributed by atoms with Crippen LogP contribution in [0.1, 0.15) is 58.3 Å². The fourth-order valence-corrected chi connectivity index (χ4v) is 4.77. The summed E-state index contributed by atoms with van der Waals surface area (Å²) in [5, 5.41) is 10.4. The summed E-state index contributed by atoms with van der Waals surface area (Å²) in [6.45, 7) is 2.30. The van der Waals surface area contributed by atoms with Crippen molar-refractivity contribution in [3.05, 3.63) is 0 Å². The van der Waals surface area contributed by atoms with Crippen LogP contribution in [-0.4, -0.2) is 22.7 Å². The Balaban J connectivity index is 1.75. The summed E-state index contributed by atoms with van der Waals surface area (Å²) in [4.78, 5) is 0. The second-order valence-electron chi connectivity index (χ2n) is 6.06. The van der Waals surface area contributed by atoms with Gasteiger partial charge in [-0.2, -0.15) is 11.8 Å². The number of hydrogen-bond donors (Lipinski definition) is 1. The van der Waals surface area contributed by atoms with Gasteiger partial charge in [0.25, 0.3) is 0 Å². The second-order valence-corrected chi connectivity index (χ2v) is 7.28. The first kappa shape index (κ1) is 13.7. The number of thioether (sulfide) groups is 1. The van der Waals surface area contributed by atoms with Crippen LogP contribution in [0.15, 0.2) is 0 Å². The van der Waals surface area contributed by atoms with Crippen LogP contribution < -0.4 is 0 Å². The van der Waals surface area contributed by atoms with Gasteiger partial charge >= 0.3 is 0 Å². The minimum atomic E-state index is -0.00236. The Hall–Kier alpha value is 0.310. The second kappa shape index (κ2) is 7.04. The molecule has 1 saturated carbocycles. The summed E-state index contributed by atoms with van der Waals surface area (Å²) >= 11 is 2.08. The van der Waals surface area contributed by atoms with Gasteiger partial charge in [0.05, 0.1) is 6.10 Å². The summed E-state index contributed by atoms with van der Waals surface area (Å²) in [6, 6.07) is 0. The monoisotopic (exact) mass is 256 g/mol. The van der Waals surface area contributed by atoms with E-state index in [1.165, 1.54) is 56.5 Å². The SMILES string of the molecule is CCC1CCCC(C(O)CC2CCSCC2)C1. The average molecular weight is 256 g/mol. The van der Waals surface area contributed by atoms with Crippen LogP contribution in [0.25, 0.3) is 0 Å². The third-order valence-electron chi connectivity index (χ3n) is 4.86. The fourth-order valence-electron chi connectivity index (χ4n) is 3.57. The smallest absolute Gasteiger partial charge is 0.0571 e. The highest BCUT2D eigenvalue weighted by Gasteiger charge is 2.28. The highest BCUT2D eigenvalue weighted by molar-refractivity contribution is 7.99. The molecule has 1 nitrogen and oxygen atoms in total. The minimum absolute atomic E-state index is 0.00236. The van der Waals surface area contributed by atoms with E-state index in [1.54, 1.807) is 0 Å². The molecule has 100 valence electrons. The molecule has 1 saturated heterocycles. The average Bonchev–Trinajstić information content (AvgIpc) is 2.40. The summed E-state index contributed by atoms with van der Waals surface area (Å²) in [7, 11) is 0. The fraction of sp³-hybridized carbons (Fsp3) is 1.00. The van der Waals surface area contributed by atoms with Crippen LogP contribution in [0.4, 0.5) is 0 Å². The molecule has 2 rings (SSSR count).